The van der Waals surface area contributed by atoms with Gasteiger partial charge in [0.05, 0.1) is 23.3 Å². The van der Waals surface area contributed by atoms with Crippen LogP contribution in [0.25, 0.3) is 0 Å². The van der Waals surface area contributed by atoms with Crippen molar-refractivity contribution in [3.05, 3.63) is 27.7 Å². The van der Waals surface area contributed by atoms with Crippen molar-refractivity contribution in [2.75, 3.05) is 6.54 Å². The lowest BCUT2D eigenvalue weighted by molar-refractivity contribution is 0.158. The molecular weight excluding hydrogens is 348 g/mol. The molecule has 1 saturated carbocycles. The fourth-order valence-corrected chi connectivity index (χ4v) is 4.78. The van der Waals surface area contributed by atoms with Crippen molar-refractivity contribution in [2.24, 2.45) is 0 Å². The van der Waals surface area contributed by atoms with E-state index in [0.717, 1.165) is 35.3 Å². The van der Waals surface area contributed by atoms with Crippen molar-refractivity contribution < 1.29 is 4.79 Å². The predicted octanol–water partition coefficient (Wildman–Crippen LogP) is 3.24. The number of carbonyl (C=O) groups excluding carboxylic acids is 1. The van der Waals surface area contributed by atoms with E-state index in [1.54, 1.807) is 11.3 Å². The maximum Gasteiger partial charge on any atom is 0.318 e. The molecule has 1 unspecified atom stereocenters. The molecule has 2 aromatic heterocycles. The number of hydrogen-bond acceptors (Lipinski definition) is 5. The van der Waals surface area contributed by atoms with Gasteiger partial charge in [-0.05, 0) is 26.2 Å². The van der Waals surface area contributed by atoms with Crippen LogP contribution in [0.15, 0.2) is 5.38 Å². The van der Waals surface area contributed by atoms with Gasteiger partial charge in [0.25, 0.3) is 0 Å². The average molecular weight is 375 g/mol. The van der Waals surface area contributed by atoms with E-state index < -0.39 is 0 Å². The molecule has 26 heavy (non-hydrogen) atoms. The van der Waals surface area contributed by atoms with E-state index >= 15 is 0 Å². The molecule has 0 spiro atoms. The van der Waals surface area contributed by atoms with Gasteiger partial charge < -0.3 is 14.8 Å². The Morgan fingerprint density at radius 2 is 2.04 bits per heavy atom. The van der Waals surface area contributed by atoms with Crippen molar-refractivity contribution in [1.29, 1.82) is 0 Å². The number of urea groups is 1. The molecule has 4 rings (SSSR count). The van der Waals surface area contributed by atoms with Crippen LogP contribution in [0, 0.1) is 0 Å². The summed E-state index contributed by atoms with van der Waals surface area (Å²) in [5.41, 5.74) is 0.927. The quantitative estimate of drug-likeness (QED) is 0.891. The molecule has 0 bridgehead atoms. The van der Waals surface area contributed by atoms with Crippen LogP contribution in [0.5, 0.6) is 0 Å². The highest BCUT2D eigenvalue weighted by Crippen LogP contribution is 2.35. The normalized spacial score (nSPS) is 20.4. The Balaban J connectivity index is 1.41. The number of nitrogens with one attached hydrogen (secondary N) is 1. The predicted molar refractivity (Wildman–Crippen MR) is 100 cm³/mol. The van der Waals surface area contributed by atoms with E-state index in [1.807, 2.05) is 17.2 Å². The average Bonchev–Trinajstić information content (AvgIpc) is 3.39. The van der Waals surface area contributed by atoms with E-state index in [2.05, 4.69) is 32.0 Å². The Bertz CT molecular complexity index is 778. The lowest BCUT2D eigenvalue weighted by Gasteiger charge is -2.34. The van der Waals surface area contributed by atoms with E-state index in [9.17, 15) is 4.79 Å². The molecule has 0 aromatic carbocycles. The minimum atomic E-state index is -0.0620. The van der Waals surface area contributed by atoms with Crippen molar-refractivity contribution in [3.63, 3.8) is 0 Å². The Kier molecular flexibility index (Phi) is 4.93. The minimum Gasteiger partial charge on any atom is -0.332 e. The number of aryl methyl sites for hydroxylation is 1. The smallest absolute Gasteiger partial charge is 0.318 e. The van der Waals surface area contributed by atoms with Gasteiger partial charge in [0.15, 0.2) is 5.82 Å². The Morgan fingerprint density at radius 3 is 2.77 bits per heavy atom. The second kappa shape index (κ2) is 7.34. The fourth-order valence-electron chi connectivity index (χ4n) is 4.03. The summed E-state index contributed by atoms with van der Waals surface area (Å²) in [6.07, 6.45) is 5.93. The van der Waals surface area contributed by atoms with Crippen molar-refractivity contribution in [3.8, 4) is 0 Å². The van der Waals surface area contributed by atoms with Crippen LogP contribution in [0.1, 0.15) is 73.8 Å². The molecule has 7 nitrogen and oxygen atoms in total. The largest absolute Gasteiger partial charge is 0.332 e. The zero-order chi connectivity index (χ0) is 18.1. The first-order chi connectivity index (χ1) is 12.7. The molecular formula is C18H26N6OS. The zero-order valence-corrected chi connectivity index (χ0v) is 16.3. The highest BCUT2D eigenvalue weighted by atomic mass is 32.1. The molecule has 8 heteroatoms. The zero-order valence-electron chi connectivity index (χ0n) is 15.4. The Labute approximate surface area is 157 Å². The summed E-state index contributed by atoms with van der Waals surface area (Å²) in [4.78, 5) is 19.0. The molecule has 0 radical (unpaired) electrons. The van der Waals surface area contributed by atoms with Crippen LogP contribution >= 0.6 is 11.3 Å². The van der Waals surface area contributed by atoms with E-state index in [1.165, 1.54) is 25.7 Å². The first-order valence-corrected chi connectivity index (χ1v) is 10.5. The summed E-state index contributed by atoms with van der Waals surface area (Å²) in [5, 5.41) is 15.0. The lowest BCUT2D eigenvalue weighted by Crippen LogP contribution is -2.46. The number of thiazole rings is 1. The summed E-state index contributed by atoms with van der Waals surface area (Å²) >= 11 is 1.65. The molecule has 140 valence electrons. The number of hydrogen-bond donors (Lipinski definition) is 1. The SMILES string of the molecule is CCc1nc(CNC(=O)N2CCn3c(C4CCCC4)nnc3C2C)cs1. The fraction of sp³-hybridized carbons (Fsp3) is 0.667. The number of carbonyl (C=O) groups is 1. The summed E-state index contributed by atoms with van der Waals surface area (Å²) in [6, 6.07) is -0.117. The van der Waals surface area contributed by atoms with Gasteiger partial charge in [-0.2, -0.15) is 0 Å². The highest BCUT2D eigenvalue weighted by Gasteiger charge is 2.33. The summed E-state index contributed by atoms with van der Waals surface area (Å²) in [6.45, 7) is 6.07. The third-order valence-electron chi connectivity index (χ3n) is 5.52. The van der Waals surface area contributed by atoms with Gasteiger partial charge >= 0.3 is 6.03 Å². The summed E-state index contributed by atoms with van der Waals surface area (Å²) in [5.74, 6) is 2.58. The maximum atomic E-state index is 12.7. The van der Waals surface area contributed by atoms with Gasteiger partial charge in [0.1, 0.15) is 5.82 Å². The van der Waals surface area contributed by atoms with Crippen molar-refractivity contribution >= 4 is 17.4 Å². The number of nitrogens with zero attached hydrogens (tertiary/aromatic N) is 5. The molecule has 2 amide bonds. The first-order valence-electron chi connectivity index (χ1n) is 9.58. The number of aromatic nitrogens is 4. The third kappa shape index (κ3) is 3.22. The van der Waals surface area contributed by atoms with Gasteiger partial charge in [-0.1, -0.05) is 19.8 Å². The second-order valence-corrected chi connectivity index (χ2v) is 8.11. The van der Waals surface area contributed by atoms with Gasteiger partial charge in [0, 0.05) is 24.4 Å². The third-order valence-corrected chi connectivity index (χ3v) is 6.56. The standard InChI is InChI=1S/C18H26N6OS/c1-3-15-20-14(11-26-15)10-19-18(25)23-8-9-24-16(12(23)2)21-22-17(24)13-6-4-5-7-13/h11-13H,3-10H2,1-2H3,(H,19,25). The van der Waals surface area contributed by atoms with E-state index in [-0.39, 0.29) is 12.1 Å². The molecule has 1 N–H and O–H groups in total. The Hall–Kier alpha value is -1.96. The topological polar surface area (TPSA) is 75.9 Å². The molecule has 3 heterocycles. The van der Waals surface area contributed by atoms with E-state index in [0.29, 0.717) is 19.0 Å². The lowest BCUT2D eigenvalue weighted by atomic mass is 10.1. The van der Waals surface area contributed by atoms with Crippen LogP contribution < -0.4 is 5.32 Å². The van der Waals surface area contributed by atoms with Crippen molar-refractivity contribution in [1.82, 2.24) is 30.0 Å². The van der Waals surface area contributed by atoms with Gasteiger partial charge in [-0.25, -0.2) is 9.78 Å². The first kappa shape index (κ1) is 17.5. The minimum absolute atomic E-state index is 0.0554. The van der Waals surface area contributed by atoms with Gasteiger partial charge in [0.2, 0.25) is 0 Å². The van der Waals surface area contributed by atoms with Crippen LogP contribution in [-0.4, -0.2) is 37.2 Å². The number of fused-ring (bicyclic) bond motifs is 1. The van der Waals surface area contributed by atoms with Crippen LogP contribution in [0.4, 0.5) is 4.79 Å². The maximum absolute atomic E-state index is 12.7. The number of amides is 2. The molecule has 1 atom stereocenters. The number of rotatable bonds is 4. The van der Waals surface area contributed by atoms with Gasteiger partial charge in [-0.3, -0.25) is 0 Å². The van der Waals surface area contributed by atoms with Crippen LogP contribution in [0.3, 0.4) is 0 Å². The molecule has 1 aliphatic carbocycles. The second-order valence-electron chi connectivity index (χ2n) is 7.16. The molecule has 2 aliphatic rings. The molecule has 2 aromatic rings. The van der Waals surface area contributed by atoms with Gasteiger partial charge in [-0.15, -0.1) is 21.5 Å². The molecule has 1 fully saturated rings. The highest BCUT2D eigenvalue weighted by molar-refractivity contribution is 7.09. The van der Waals surface area contributed by atoms with Crippen molar-refractivity contribution in [2.45, 2.75) is 71.0 Å². The van der Waals surface area contributed by atoms with Crippen LogP contribution in [-0.2, 0) is 19.5 Å². The summed E-state index contributed by atoms with van der Waals surface area (Å²) in [7, 11) is 0. The van der Waals surface area contributed by atoms with Crippen LogP contribution in [0.2, 0.25) is 0 Å². The molecule has 0 saturated heterocycles. The molecule has 1 aliphatic heterocycles. The Morgan fingerprint density at radius 1 is 1.27 bits per heavy atom. The van der Waals surface area contributed by atoms with E-state index in [4.69, 9.17) is 0 Å². The monoisotopic (exact) mass is 374 g/mol. The summed E-state index contributed by atoms with van der Waals surface area (Å²) < 4.78 is 2.25.